The van der Waals surface area contributed by atoms with Crippen LogP contribution in [0.3, 0.4) is 0 Å². The van der Waals surface area contributed by atoms with Gasteiger partial charge in [0.05, 0.1) is 0 Å². The SMILES string of the molecule is CC(CCN)CCC(=O)NN1C(C)CCCC1C. The summed E-state index contributed by atoms with van der Waals surface area (Å²) in [5, 5.41) is 2.14. The van der Waals surface area contributed by atoms with Crippen LogP contribution >= 0.6 is 0 Å². The van der Waals surface area contributed by atoms with Gasteiger partial charge in [-0.15, -0.1) is 0 Å². The highest BCUT2D eigenvalue weighted by atomic mass is 16.2. The van der Waals surface area contributed by atoms with Crippen molar-refractivity contribution in [1.82, 2.24) is 10.4 Å². The van der Waals surface area contributed by atoms with Crippen LogP contribution in [0.2, 0.25) is 0 Å². The molecular formula is C14H29N3O. The van der Waals surface area contributed by atoms with Crippen molar-refractivity contribution in [2.45, 2.75) is 71.4 Å². The Balaban J connectivity index is 2.30. The number of hydrogen-bond donors (Lipinski definition) is 2. The van der Waals surface area contributed by atoms with Crippen molar-refractivity contribution >= 4 is 5.91 Å². The molecule has 4 heteroatoms. The van der Waals surface area contributed by atoms with E-state index in [9.17, 15) is 4.79 Å². The van der Waals surface area contributed by atoms with Crippen LogP contribution in [0, 0.1) is 5.92 Å². The van der Waals surface area contributed by atoms with Crippen LogP contribution in [-0.2, 0) is 4.79 Å². The minimum Gasteiger partial charge on any atom is -0.330 e. The Morgan fingerprint density at radius 1 is 1.33 bits per heavy atom. The van der Waals surface area contributed by atoms with E-state index in [0.29, 0.717) is 31.0 Å². The molecule has 1 aliphatic rings. The molecule has 106 valence electrons. The highest BCUT2D eigenvalue weighted by molar-refractivity contribution is 5.75. The van der Waals surface area contributed by atoms with E-state index in [-0.39, 0.29) is 5.91 Å². The summed E-state index contributed by atoms with van der Waals surface area (Å²) in [6.45, 7) is 7.25. The zero-order valence-corrected chi connectivity index (χ0v) is 12.1. The summed E-state index contributed by atoms with van der Waals surface area (Å²) in [5.41, 5.74) is 8.59. The van der Waals surface area contributed by atoms with Crippen molar-refractivity contribution in [1.29, 1.82) is 0 Å². The number of hydrogen-bond acceptors (Lipinski definition) is 3. The summed E-state index contributed by atoms with van der Waals surface area (Å²) in [4.78, 5) is 11.9. The lowest BCUT2D eigenvalue weighted by Gasteiger charge is -2.38. The normalized spacial score (nSPS) is 26.9. The molecule has 0 radical (unpaired) electrons. The maximum Gasteiger partial charge on any atom is 0.234 e. The number of carbonyl (C=O) groups excluding carboxylic acids is 1. The summed E-state index contributed by atoms with van der Waals surface area (Å²) in [5.74, 6) is 0.691. The number of rotatable bonds is 6. The van der Waals surface area contributed by atoms with Gasteiger partial charge in [0.1, 0.15) is 0 Å². The van der Waals surface area contributed by atoms with Gasteiger partial charge in [-0.2, -0.15) is 0 Å². The van der Waals surface area contributed by atoms with Gasteiger partial charge in [-0.3, -0.25) is 10.2 Å². The molecule has 1 rings (SSSR count). The fourth-order valence-corrected chi connectivity index (χ4v) is 2.65. The monoisotopic (exact) mass is 255 g/mol. The van der Waals surface area contributed by atoms with Gasteiger partial charge < -0.3 is 5.73 Å². The molecule has 3 N–H and O–H groups in total. The second kappa shape index (κ2) is 7.74. The van der Waals surface area contributed by atoms with Crippen LogP contribution in [0.4, 0.5) is 0 Å². The molecule has 1 aliphatic heterocycles. The Kier molecular flexibility index (Phi) is 6.65. The summed E-state index contributed by atoms with van der Waals surface area (Å²) in [7, 11) is 0. The zero-order valence-electron chi connectivity index (χ0n) is 12.1. The number of carbonyl (C=O) groups is 1. The minimum absolute atomic E-state index is 0.152. The van der Waals surface area contributed by atoms with Gasteiger partial charge >= 0.3 is 0 Å². The maximum atomic E-state index is 11.9. The molecule has 4 nitrogen and oxygen atoms in total. The van der Waals surface area contributed by atoms with Crippen LogP contribution in [0.15, 0.2) is 0 Å². The average Bonchev–Trinajstić information content (AvgIpc) is 2.32. The van der Waals surface area contributed by atoms with Crippen LogP contribution in [0.25, 0.3) is 0 Å². The maximum absolute atomic E-state index is 11.9. The van der Waals surface area contributed by atoms with Crippen molar-refractivity contribution in [3.05, 3.63) is 0 Å². The van der Waals surface area contributed by atoms with Gasteiger partial charge in [0.15, 0.2) is 0 Å². The smallest absolute Gasteiger partial charge is 0.234 e. The van der Waals surface area contributed by atoms with E-state index in [2.05, 4.69) is 31.2 Å². The minimum atomic E-state index is 0.152. The third-order valence-corrected chi connectivity index (χ3v) is 3.97. The van der Waals surface area contributed by atoms with E-state index < -0.39 is 0 Å². The van der Waals surface area contributed by atoms with E-state index in [4.69, 9.17) is 5.73 Å². The lowest BCUT2D eigenvalue weighted by atomic mass is 9.99. The first kappa shape index (κ1) is 15.4. The largest absolute Gasteiger partial charge is 0.330 e. The second-order valence-corrected chi connectivity index (χ2v) is 5.79. The van der Waals surface area contributed by atoms with Crippen molar-refractivity contribution in [3.63, 3.8) is 0 Å². The third-order valence-electron chi connectivity index (χ3n) is 3.97. The number of amides is 1. The average molecular weight is 255 g/mol. The van der Waals surface area contributed by atoms with Crippen molar-refractivity contribution in [2.24, 2.45) is 11.7 Å². The Bertz CT molecular complexity index is 247. The third kappa shape index (κ3) is 4.94. The molecule has 0 bridgehead atoms. The summed E-state index contributed by atoms with van der Waals surface area (Å²) < 4.78 is 0. The van der Waals surface area contributed by atoms with Crippen LogP contribution < -0.4 is 11.2 Å². The predicted molar refractivity (Wildman–Crippen MR) is 74.8 cm³/mol. The Labute approximate surface area is 111 Å². The predicted octanol–water partition coefficient (Wildman–Crippen LogP) is 2.05. The molecule has 1 fully saturated rings. The molecule has 1 amide bonds. The molecule has 0 saturated carbocycles. The number of hydrazine groups is 1. The molecular weight excluding hydrogens is 226 g/mol. The highest BCUT2D eigenvalue weighted by Gasteiger charge is 2.25. The number of piperidine rings is 1. The molecule has 0 aromatic carbocycles. The summed E-state index contributed by atoms with van der Waals surface area (Å²) >= 11 is 0. The molecule has 0 aromatic rings. The van der Waals surface area contributed by atoms with Gasteiger partial charge in [-0.1, -0.05) is 13.3 Å². The summed E-state index contributed by atoms with van der Waals surface area (Å²) in [6, 6.07) is 0.915. The lowest BCUT2D eigenvalue weighted by Crippen LogP contribution is -2.54. The molecule has 1 saturated heterocycles. The Morgan fingerprint density at radius 3 is 2.50 bits per heavy atom. The van der Waals surface area contributed by atoms with Gasteiger partial charge in [0.2, 0.25) is 5.91 Å². The first-order valence-corrected chi connectivity index (χ1v) is 7.32. The lowest BCUT2D eigenvalue weighted by molar-refractivity contribution is -0.129. The fourth-order valence-electron chi connectivity index (χ4n) is 2.65. The van der Waals surface area contributed by atoms with Crippen molar-refractivity contribution in [3.8, 4) is 0 Å². The van der Waals surface area contributed by atoms with Gasteiger partial charge in [-0.05, 0) is 52.0 Å². The second-order valence-electron chi connectivity index (χ2n) is 5.79. The Hall–Kier alpha value is -0.610. The van der Waals surface area contributed by atoms with E-state index in [1.54, 1.807) is 0 Å². The number of nitrogens with zero attached hydrogens (tertiary/aromatic N) is 1. The molecule has 0 aliphatic carbocycles. The van der Waals surface area contributed by atoms with Crippen LogP contribution in [-0.4, -0.2) is 29.5 Å². The van der Waals surface area contributed by atoms with E-state index in [1.807, 2.05) is 0 Å². The first-order chi connectivity index (χ1) is 8.54. The molecule has 3 unspecified atom stereocenters. The highest BCUT2D eigenvalue weighted by Crippen LogP contribution is 2.20. The van der Waals surface area contributed by atoms with E-state index in [0.717, 1.165) is 12.8 Å². The quantitative estimate of drug-likeness (QED) is 0.763. The fraction of sp³-hybridized carbons (Fsp3) is 0.929. The Morgan fingerprint density at radius 2 is 1.94 bits per heavy atom. The number of nitrogens with two attached hydrogens (primary N) is 1. The van der Waals surface area contributed by atoms with E-state index >= 15 is 0 Å². The summed E-state index contributed by atoms with van der Waals surface area (Å²) in [6.07, 6.45) is 6.16. The molecule has 0 spiro atoms. The van der Waals surface area contributed by atoms with E-state index in [1.165, 1.54) is 19.3 Å². The van der Waals surface area contributed by atoms with Crippen molar-refractivity contribution in [2.75, 3.05) is 6.54 Å². The first-order valence-electron chi connectivity index (χ1n) is 7.32. The topological polar surface area (TPSA) is 58.4 Å². The zero-order chi connectivity index (χ0) is 13.5. The number of nitrogens with one attached hydrogen (secondary N) is 1. The molecule has 1 heterocycles. The van der Waals surface area contributed by atoms with Gasteiger partial charge in [0, 0.05) is 18.5 Å². The van der Waals surface area contributed by atoms with Crippen LogP contribution in [0.5, 0.6) is 0 Å². The van der Waals surface area contributed by atoms with Gasteiger partial charge in [-0.25, -0.2) is 5.01 Å². The standard InChI is InChI=1S/C14H29N3O/c1-11(9-10-15)7-8-14(18)16-17-12(2)5-4-6-13(17)3/h11-13H,4-10,15H2,1-3H3,(H,16,18). The molecule has 18 heavy (non-hydrogen) atoms. The molecule has 0 aromatic heterocycles. The van der Waals surface area contributed by atoms with Gasteiger partial charge in [0.25, 0.3) is 0 Å². The van der Waals surface area contributed by atoms with Crippen LogP contribution in [0.1, 0.15) is 59.3 Å². The van der Waals surface area contributed by atoms with Crippen molar-refractivity contribution < 1.29 is 4.79 Å². The molecule has 3 atom stereocenters.